The summed E-state index contributed by atoms with van der Waals surface area (Å²) in [5.74, 6) is 0.903. The van der Waals surface area contributed by atoms with Gasteiger partial charge >= 0.3 is 0 Å². The number of rotatable bonds is 4. The quantitative estimate of drug-likeness (QED) is 0.832. The zero-order valence-electron chi connectivity index (χ0n) is 9.72. The van der Waals surface area contributed by atoms with E-state index < -0.39 is 0 Å². The standard InChI is InChI=1S/C13H19NO2/c1-16-13-4-2-11(3-5-13)6-8-14-9-7-12(15)10-14/h2-5,12,15H,6-10H2,1H3/t12-/m1/s1. The van der Waals surface area contributed by atoms with Crippen molar-refractivity contribution < 1.29 is 9.84 Å². The van der Waals surface area contributed by atoms with Crippen molar-refractivity contribution in [2.45, 2.75) is 18.9 Å². The highest BCUT2D eigenvalue weighted by molar-refractivity contribution is 5.27. The molecular formula is C13H19NO2. The Kier molecular flexibility index (Phi) is 3.80. The maximum Gasteiger partial charge on any atom is 0.118 e. The Hall–Kier alpha value is -1.06. The minimum Gasteiger partial charge on any atom is -0.497 e. The summed E-state index contributed by atoms with van der Waals surface area (Å²) in [5, 5.41) is 9.41. The van der Waals surface area contributed by atoms with Crippen LogP contribution in [-0.4, -0.2) is 42.9 Å². The van der Waals surface area contributed by atoms with Gasteiger partial charge in [-0.15, -0.1) is 0 Å². The molecule has 1 aromatic rings. The summed E-state index contributed by atoms with van der Waals surface area (Å²) in [6, 6.07) is 8.19. The van der Waals surface area contributed by atoms with E-state index >= 15 is 0 Å². The number of hydrogen-bond acceptors (Lipinski definition) is 3. The minimum absolute atomic E-state index is 0.115. The predicted octanol–water partition coefficient (Wildman–Crippen LogP) is 1.30. The molecule has 0 aliphatic carbocycles. The van der Waals surface area contributed by atoms with Crippen molar-refractivity contribution in [2.75, 3.05) is 26.7 Å². The molecule has 0 saturated carbocycles. The van der Waals surface area contributed by atoms with Gasteiger partial charge in [-0.25, -0.2) is 0 Å². The summed E-state index contributed by atoms with van der Waals surface area (Å²) in [6.07, 6.45) is 1.84. The molecule has 0 spiro atoms. The van der Waals surface area contributed by atoms with Crippen molar-refractivity contribution in [3.05, 3.63) is 29.8 Å². The molecule has 0 unspecified atom stereocenters. The van der Waals surface area contributed by atoms with Crippen LogP contribution in [0.5, 0.6) is 5.75 Å². The summed E-state index contributed by atoms with van der Waals surface area (Å²) in [6.45, 7) is 2.89. The molecule has 1 N–H and O–H groups in total. The lowest BCUT2D eigenvalue weighted by molar-refractivity contribution is 0.177. The molecule has 16 heavy (non-hydrogen) atoms. The predicted molar refractivity (Wildman–Crippen MR) is 63.8 cm³/mol. The number of benzene rings is 1. The van der Waals surface area contributed by atoms with Crippen LogP contribution in [0, 0.1) is 0 Å². The molecule has 3 nitrogen and oxygen atoms in total. The molecule has 1 heterocycles. The Morgan fingerprint density at radius 1 is 1.38 bits per heavy atom. The van der Waals surface area contributed by atoms with Crippen molar-refractivity contribution >= 4 is 0 Å². The highest BCUT2D eigenvalue weighted by Crippen LogP contribution is 2.13. The highest BCUT2D eigenvalue weighted by atomic mass is 16.5. The van der Waals surface area contributed by atoms with Crippen LogP contribution in [-0.2, 0) is 6.42 Å². The van der Waals surface area contributed by atoms with Crippen LogP contribution in [0.1, 0.15) is 12.0 Å². The Morgan fingerprint density at radius 2 is 2.12 bits per heavy atom. The van der Waals surface area contributed by atoms with Crippen molar-refractivity contribution in [1.82, 2.24) is 4.90 Å². The van der Waals surface area contributed by atoms with Crippen molar-refractivity contribution in [2.24, 2.45) is 0 Å². The second-order valence-corrected chi connectivity index (χ2v) is 4.34. The minimum atomic E-state index is -0.115. The molecule has 0 bridgehead atoms. The normalized spacial score (nSPS) is 21.2. The number of ether oxygens (including phenoxy) is 1. The number of β-amino-alcohol motifs (C(OH)–C–C–N with tert-alkyl or cyclic N) is 1. The lowest BCUT2D eigenvalue weighted by Crippen LogP contribution is -2.24. The second kappa shape index (κ2) is 5.32. The molecule has 0 amide bonds. The van der Waals surface area contributed by atoms with E-state index in [9.17, 15) is 5.11 Å². The van der Waals surface area contributed by atoms with Gasteiger partial charge in [-0.1, -0.05) is 12.1 Å². The van der Waals surface area contributed by atoms with E-state index in [-0.39, 0.29) is 6.10 Å². The lowest BCUT2D eigenvalue weighted by atomic mass is 10.1. The molecule has 0 aromatic heterocycles. The summed E-state index contributed by atoms with van der Waals surface area (Å²) in [4.78, 5) is 2.31. The molecule has 1 atom stereocenters. The molecule has 1 saturated heterocycles. The molecule has 1 aliphatic rings. The summed E-state index contributed by atoms with van der Waals surface area (Å²) in [5.41, 5.74) is 1.32. The van der Waals surface area contributed by atoms with E-state index in [2.05, 4.69) is 17.0 Å². The topological polar surface area (TPSA) is 32.7 Å². The number of aliphatic hydroxyl groups is 1. The van der Waals surface area contributed by atoms with Gasteiger partial charge in [-0.05, 0) is 30.5 Å². The number of hydrogen-bond donors (Lipinski definition) is 1. The Labute approximate surface area is 96.6 Å². The summed E-state index contributed by atoms with van der Waals surface area (Å²) >= 11 is 0. The monoisotopic (exact) mass is 221 g/mol. The van der Waals surface area contributed by atoms with E-state index in [0.717, 1.165) is 38.2 Å². The molecular weight excluding hydrogens is 202 g/mol. The van der Waals surface area contributed by atoms with Crippen LogP contribution in [0.15, 0.2) is 24.3 Å². The Balaban J connectivity index is 1.80. The van der Waals surface area contributed by atoms with E-state index in [0.29, 0.717) is 0 Å². The second-order valence-electron chi connectivity index (χ2n) is 4.34. The highest BCUT2D eigenvalue weighted by Gasteiger charge is 2.19. The smallest absolute Gasteiger partial charge is 0.118 e. The first-order valence-corrected chi connectivity index (χ1v) is 5.81. The maximum absolute atomic E-state index is 9.41. The number of nitrogens with zero attached hydrogens (tertiary/aromatic N) is 1. The molecule has 1 aliphatic heterocycles. The number of aliphatic hydroxyl groups excluding tert-OH is 1. The third-order valence-corrected chi connectivity index (χ3v) is 3.12. The van der Waals surface area contributed by atoms with Crippen molar-refractivity contribution in [1.29, 1.82) is 0 Å². The van der Waals surface area contributed by atoms with Gasteiger partial charge in [-0.3, -0.25) is 0 Å². The van der Waals surface area contributed by atoms with Gasteiger partial charge in [0.25, 0.3) is 0 Å². The zero-order chi connectivity index (χ0) is 11.4. The van der Waals surface area contributed by atoms with Crippen LogP contribution < -0.4 is 4.74 Å². The number of likely N-dealkylation sites (tertiary alicyclic amines) is 1. The van der Waals surface area contributed by atoms with Gasteiger partial charge in [-0.2, -0.15) is 0 Å². The van der Waals surface area contributed by atoms with Gasteiger partial charge in [0.15, 0.2) is 0 Å². The molecule has 88 valence electrons. The molecule has 0 radical (unpaired) electrons. The van der Waals surface area contributed by atoms with Gasteiger partial charge < -0.3 is 14.7 Å². The first-order chi connectivity index (χ1) is 7.78. The molecule has 3 heteroatoms. The van der Waals surface area contributed by atoms with Gasteiger partial charge in [0.2, 0.25) is 0 Å². The number of methoxy groups -OCH3 is 1. The van der Waals surface area contributed by atoms with E-state index in [4.69, 9.17) is 4.74 Å². The van der Waals surface area contributed by atoms with Crippen LogP contribution in [0.25, 0.3) is 0 Å². The van der Waals surface area contributed by atoms with Crippen LogP contribution in [0.2, 0.25) is 0 Å². The molecule has 1 fully saturated rings. The van der Waals surface area contributed by atoms with Gasteiger partial charge in [0.1, 0.15) is 5.75 Å². The molecule has 1 aromatic carbocycles. The summed E-state index contributed by atoms with van der Waals surface area (Å²) < 4.78 is 5.12. The summed E-state index contributed by atoms with van der Waals surface area (Å²) in [7, 11) is 1.68. The van der Waals surface area contributed by atoms with Crippen LogP contribution >= 0.6 is 0 Å². The Bertz CT molecular complexity index is 323. The third kappa shape index (κ3) is 2.97. The van der Waals surface area contributed by atoms with E-state index in [1.54, 1.807) is 7.11 Å². The van der Waals surface area contributed by atoms with Gasteiger partial charge in [0, 0.05) is 19.6 Å². The van der Waals surface area contributed by atoms with Gasteiger partial charge in [0.05, 0.1) is 13.2 Å². The first-order valence-electron chi connectivity index (χ1n) is 5.81. The fourth-order valence-corrected chi connectivity index (χ4v) is 2.09. The first kappa shape index (κ1) is 11.4. The average Bonchev–Trinajstić information content (AvgIpc) is 2.73. The fraction of sp³-hybridized carbons (Fsp3) is 0.538. The fourth-order valence-electron chi connectivity index (χ4n) is 2.09. The van der Waals surface area contributed by atoms with Crippen molar-refractivity contribution in [3.63, 3.8) is 0 Å². The van der Waals surface area contributed by atoms with E-state index in [1.165, 1.54) is 5.56 Å². The van der Waals surface area contributed by atoms with Crippen LogP contribution in [0.3, 0.4) is 0 Å². The zero-order valence-corrected chi connectivity index (χ0v) is 9.72. The lowest BCUT2D eigenvalue weighted by Gasteiger charge is -2.14. The SMILES string of the molecule is COc1ccc(CCN2CC[C@@H](O)C2)cc1. The Morgan fingerprint density at radius 3 is 2.69 bits per heavy atom. The van der Waals surface area contributed by atoms with Crippen molar-refractivity contribution in [3.8, 4) is 5.75 Å². The largest absolute Gasteiger partial charge is 0.497 e. The van der Waals surface area contributed by atoms with Crippen LogP contribution in [0.4, 0.5) is 0 Å². The maximum atomic E-state index is 9.41. The average molecular weight is 221 g/mol. The third-order valence-electron chi connectivity index (χ3n) is 3.12. The molecule has 2 rings (SSSR count). The van der Waals surface area contributed by atoms with E-state index in [1.807, 2.05) is 12.1 Å².